The normalized spacial score (nSPS) is 12.1. The van der Waals surface area contributed by atoms with E-state index in [1.54, 1.807) is 13.8 Å². The lowest BCUT2D eigenvalue weighted by Crippen LogP contribution is -2.31. The molecule has 0 radical (unpaired) electrons. The van der Waals surface area contributed by atoms with Crippen LogP contribution in [-0.2, 0) is 11.0 Å². The quantitative estimate of drug-likeness (QED) is 0.832. The second-order valence-corrected chi connectivity index (χ2v) is 5.75. The van der Waals surface area contributed by atoms with Crippen LogP contribution in [0.4, 0.5) is 18.9 Å². The van der Waals surface area contributed by atoms with Crippen molar-refractivity contribution >= 4 is 28.8 Å². The number of benzene rings is 1. The van der Waals surface area contributed by atoms with Crippen LogP contribution in [0.2, 0.25) is 0 Å². The van der Waals surface area contributed by atoms with Gasteiger partial charge in [-0.25, -0.2) is 0 Å². The predicted molar refractivity (Wildman–Crippen MR) is 80.0 cm³/mol. The third kappa shape index (κ3) is 4.17. The number of nitrogens with two attached hydrogens (primary N) is 1. The van der Waals surface area contributed by atoms with Gasteiger partial charge < -0.3 is 11.1 Å². The SMILES string of the molecule is CCC(C)(C)C(=O)Nc1ccc(C(F)(F)F)cc1C(N)=S. The zero-order valence-electron chi connectivity index (χ0n) is 12.0. The van der Waals surface area contributed by atoms with Crippen molar-refractivity contribution in [3.05, 3.63) is 29.3 Å². The maximum absolute atomic E-state index is 12.7. The van der Waals surface area contributed by atoms with E-state index in [-0.39, 0.29) is 22.1 Å². The average molecular weight is 318 g/mol. The summed E-state index contributed by atoms with van der Waals surface area (Å²) in [6, 6.07) is 2.90. The molecule has 0 heterocycles. The molecule has 0 aliphatic rings. The first-order chi connectivity index (χ1) is 9.49. The van der Waals surface area contributed by atoms with Crippen molar-refractivity contribution in [2.24, 2.45) is 11.1 Å². The molecule has 1 aromatic carbocycles. The van der Waals surface area contributed by atoms with Crippen LogP contribution in [-0.4, -0.2) is 10.9 Å². The van der Waals surface area contributed by atoms with E-state index in [2.05, 4.69) is 5.32 Å². The fourth-order valence-corrected chi connectivity index (χ4v) is 1.65. The van der Waals surface area contributed by atoms with E-state index < -0.39 is 17.2 Å². The van der Waals surface area contributed by atoms with Crippen molar-refractivity contribution in [2.45, 2.75) is 33.4 Å². The van der Waals surface area contributed by atoms with Crippen molar-refractivity contribution < 1.29 is 18.0 Å². The Kier molecular flexibility index (Phi) is 4.99. The van der Waals surface area contributed by atoms with Gasteiger partial charge in [-0.2, -0.15) is 13.2 Å². The fraction of sp³-hybridized carbons (Fsp3) is 0.429. The summed E-state index contributed by atoms with van der Waals surface area (Å²) < 4.78 is 38.1. The molecule has 0 saturated carbocycles. The molecule has 116 valence electrons. The van der Waals surface area contributed by atoms with E-state index >= 15 is 0 Å². The fourth-order valence-electron chi connectivity index (χ4n) is 1.49. The van der Waals surface area contributed by atoms with Crippen LogP contribution >= 0.6 is 12.2 Å². The molecule has 3 N–H and O–H groups in total. The summed E-state index contributed by atoms with van der Waals surface area (Å²) in [5.74, 6) is -0.303. The molecular weight excluding hydrogens is 301 g/mol. The van der Waals surface area contributed by atoms with Gasteiger partial charge in [0.1, 0.15) is 4.99 Å². The highest BCUT2D eigenvalue weighted by atomic mass is 32.1. The van der Waals surface area contributed by atoms with Gasteiger partial charge in [-0.3, -0.25) is 4.79 Å². The van der Waals surface area contributed by atoms with Gasteiger partial charge in [-0.15, -0.1) is 0 Å². The molecule has 0 unspecified atom stereocenters. The number of amides is 1. The lowest BCUT2D eigenvalue weighted by Gasteiger charge is -2.22. The summed E-state index contributed by atoms with van der Waals surface area (Å²) in [6.45, 7) is 5.33. The summed E-state index contributed by atoms with van der Waals surface area (Å²) in [5, 5.41) is 2.59. The minimum atomic E-state index is -4.50. The maximum atomic E-state index is 12.7. The lowest BCUT2D eigenvalue weighted by molar-refractivity contribution is -0.137. The average Bonchev–Trinajstić information content (AvgIpc) is 2.37. The van der Waals surface area contributed by atoms with Crippen molar-refractivity contribution in [3.63, 3.8) is 0 Å². The van der Waals surface area contributed by atoms with Gasteiger partial charge in [0, 0.05) is 11.0 Å². The largest absolute Gasteiger partial charge is 0.416 e. The smallest absolute Gasteiger partial charge is 0.389 e. The molecule has 7 heteroatoms. The molecule has 1 aromatic rings. The number of hydrogen-bond acceptors (Lipinski definition) is 2. The summed E-state index contributed by atoms with van der Waals surface area (Å²) in [7, 11) is 0. The number of rotatable bonds is 4. The first-order valence-electron chi connectivity index (χ1n) is 6.31. The molecule has 1 rings (SSSR count). The molecule has 21 heavy (non-hydrogen) atoms. The van der Waals surface area contributed by atoms with Gasteiger partial charge >= 0.3 is 6.18 Å². The molecule has 0 aromatic heterocycles. The monoisotopic (exact) mass is 318 g/mol. The zero-order valence-corrected chi connectivity index (χ0v) is 12.8. The summed E-state index contributed by atoms with van der Waals surface area (Å²) in [5.41, 5.74) is 4.13. The highest BCUT2D eigenvalue weighted by molar-refractivity contribution is 7.80. The van der Waals surface area contributed by atoms with E-state index in [4.69, 9.17) is 18.0 Å². The topological polar surface area (TPSA) is 55.1 Å². The van der Waals surface area contributed by atoms with Gasteiger partial charge in [0.25, 0.3) is 0 Å². The highest BCUT2D eigenvalue weighted by Crippen LogP contribution is 2.32. The number of nitrogens with one attached hydrogen (secondary N) is 1. The second-order valence-electron chi connectivity index (χ2n) is 5.31. The van der Waals surface area contributed by atoms with Gasteiger partial charge in [-0.1, -0.05) is 33.0 Å². The van der Waals surface area contributed by atoms with Crippen LogP contribution in [0.25, 0.3) is 0 Å². The van der Waals surface area contributed by atoms with Crippen molar-refractivity contribution in [1.29, 1.82) is 0 Å². The van der Waals surface area contributed by atoms with Crippen molar-refractivity contribution in [3.8, 4) is 0 Å². The number of carbonyl (C=O) groups is 1. The van der Waals surface area contributed by atoms with E-state index in [0.29, 0.717) is 6.42 Å². The van der Waals surface area contributed by atoms with E-state index in [9.17, 15) is 18.0 Å². The molecule has 0 fully saturated rings. The maximum Gasteiger partial charge on any atom is 0.416 e. The molecule has 0 aliphatic heterocycles. The van der Waals surface area contributed by atoms with Crippen LogP contribution in [0.5, 0.6) is 0 Å². The number of alkyl halides is 3. The number of anilines is 1. The highest BCUT2D eigenvalue weighted by Gasteiger charge is 2.32. The van der Waals surface area contributed by atoms with E-state index in [0.717, 1.165) is 12.1 Å². The minimum absolute atomic E-state index is 0.0000723. The van der Waals surface area contributed by atoms with E-state index in [1.165, 1.54) is 6.07 Å². The Morgan fingerprint density at radius 2 is 1.90 bits per heavy atom. The molecule has 0 atom stereocenters. The molecule has 0 saturated heterocycles. The van der Waals surface area contributed by atoms with Gasteiger partial charge in [0.2, 0.25) is 5.91 Å². The second kappa shape index (κ2) is 6.01. The molecular formula is C14H17F3N2OS. The van der Waals surface area contributed by atoms with E-state index in [1.807, 2.05) is 6.92 Å². The number of halogens is 3. The number of hydrogen-bond donors (Lipinski definition) is 2. The van der Waals surface area contributed by atoms with Crippen LogP contribution in [0.15, 0.2) is 18.2 Å². The number of thiocarbonyl (C=S) groups is 1. The summed E-state index contributed by atoms with van der Waals surface area (Å²) in [6.07, 6.45) is -3.91. The molecule has 1 amide bonds. The Morgan fingerprint density at radius 3 is 2.33 bits per heavy atom. The molecule has 0 bridgehead atoms. The summed E-state index contributed by atoms with van der Waals surface area (Å²) >= 11 is 4.77. The molecule has 0 aliphatic carbocycles. The minimum Gasteiger partial charge on any atom is -0.389 e. The Balaban J connectivity index is 3.20. The lowest BCUT2D eigenvalue weighted by atomic mass is 9.89. The van der Waals surface area contributed by atoms with Crippen LogP contribution in [0, 0.1) is 5.41 Å². The Bertz CT molecular complexity index is 568. The van der Waals surface area contributed by atoms with Crippen LogP contribution < -0.4 is 11.1 Å². The van der Waals surface area contributed by atoms with Gasteiger partial charge in [0.15, 0.2) is 0 Å². The van der Waals surface area contributed by atoms with Gasteiger partial charge in [0.05, 0.1) is 11.3 Å². The van der Waals surface area contributed by atoms with Crippen LogP contribution in [0.3, 0.4) is 0 Å². The van der Waals surface area contributed by atoms with Crippen molar-refractivity contribution in [1.82, 2.24) is 0 Å². The first-order valence-corrected chi connectivity index (χ1v) is 6.72. The Labute approximate surface area is 126 Å². The number of carbonyl (C=O) groups excluding carboxylic acids is 1. The third-order valence-electron chi connectivity index (χ3n) is 3.36. The predicted octanol–water partition coefficient (Wildman–Crippen LogP) is 3.71. The standard InChI is InChI=1S/C14H17F3N2OS/c1-4-13(2,3)12(20)19-10-6-5-8(14(15,16)17)7-9(10)11(18)21/h5-7H,4H2,1-3H3,(H2,18,21)(H,19,20). The Hall–Kier alpha value is -1.63. The van der Waals surface area contributed by atoms with Gasteiger partial charge in [-0.05, 0) is 24.6 Å². The third-order valence-corrected chi connectivity index (χ3v) is 3.58. The van der Waals surface area contributed by atoms with Crippen molar-refractivity contribution in [2.75, 3.05) is 5.32 Å². The zero-order chi connectivity index (χ0) is 16.4. The van der Waals surface area contributed by atoms with Crippen LogP contribution in [0.1, 0.15) is 38.3 Å². The molecule has 0 spiro atoms. The first kappa shape index (κ1) is 17.4. The molecule has 3 nitrogen and oxygen atoms in total. The Morgan fingerprint density at radius 1 is 1.33 bits per heavy atom. The summed E-state index contributed by atoms with van der Waals surface area (Å²) in [4.78, 5) is 11.9.